The lowest BCUT2D eigenvalue weighted by Gasteiger charge is -2.34. The van der Waals surface area contributed by atoms with Gasteiger partial charge in [0, 0.05) is 26.2 Å². The van der Waals surface area contributed by atoms with E-state index in [0.29, 0.717) is 0 Å². The number of piperazine rings is 1. The predicted molar refractivity (Wildman–Crippen MR) is 73.8 cm³/mol. The van der Waals surface area contributed by atoms with Gasteiger partial charge in [0.05, 0.1) is 5.41 Å². The molecule has 1 saturated heterocycles. The van der Waals surface area contributed by atoms with E-state index in [0.717, 1.165) is 45.4 Å². The highest BCUT2D eigenvalue weighted by Gasteiger charge is 2.26. The summed E-state index contributed by atoms with van der Waals surface area (Å²) < 4.78 is 0. The molecule has 0 aromatic carbocycles. The Morgan fingerprint density at radius 2 is 1.67 bits per heavy atom. The molecule has 4 heteroatoms. The SMILES string of the molecule is CCN1CCN(CCCCC(C)(C)C(=O)O)CC1. The lowest BCUT2D eigenvalue weighted by molar-refractivity contribution is -0.147. The number of nitrogens with zero attached hydrogens (tertiary/aromatic N) is 2. The molecule has 4 nitrogen and oxygen atoms in total. The normalized spacial score (nSPS) is 19.1. The highest BCUT2D eigenvalue weighted by molar-refractivity contribution is 5.73. The van der Waals surface area contributed by atoms with Gasteiger partial charge in [0.1, 0.15) is 0 Å². The largest absolute Gasteiger partial charge is 0.481 e. The minimum absolute atomic E-state index is 0.569. The molecule has 106 valence electrons. The summed E-state index contributed by atoms with van der Waals surface area (Å²) in [4.78, 5) is 15.9. The van der Waals surface area contributed by atoms with Gasteiger partial charge in [-0.25, -0.2) is 0 Å². The third-order valence-corrected chi connectivity index (χ3v) is 4.02. The zero-order valence-electron chi connectivity index (χ0n) is 12.1. The van der Waals surface area contributed by atoms with Crippen LogP contribution in [0.1, 0.15) is 40.0 Å². The summed E-state index contributed by atoms with van der Waals surface area (Å²) >= 11 is 0. The van der Waals surface area contributed by atoms with E-state index in [1.807, 2.05) is 13.8 Å². The van der Waals surface area contributed by atoms with Crippen LogP contribution in [-0.4, -0.2) is 60.1 Å². The van der Waals surface area contributed by atoms with Gasteiger partial charge in [0.15, 0.2) is 0 Å². The van der Waals surface area contributed by atoms with Gasteiger partial charge >= 0.3 is 5.97 Å². The second-order valence-corrected chi connectivity index (χ2v) is 5.92. The molecule has 0 bridgehead atoms. The topological polar surface area (TPSA) is 43.8 Å². The molecular weight excluding hydrogens is 228 g/mol. The van der Waals surface area contributed by atoms with E-state index >= 15 is 0 Å². The van der Waals surface area contributed by atoms with Crippen molar-refractivity contribution in [1.82, 2.24) is 9.80 Å². The molecule has 0 saturated carbocycles. The quantitative estimate of drug-likeness (QED) is 0.707. The Morgan fingerprint density at radius 1 is 1.11 bits per heavy atom. The minimum Gasteiger partial charge on any atom is -0.481 e. The van der Waals surface area contributed by atoms with E-state index in [1.165, 1.54) is 13.1 Å². The first-order valence-electron chi connectivity index (χ1n) is 7.14. The van der Waals surface area contributed by atoms with Crippen molar-refractivity contribution in [2.75, 3.05) is 39.3 Å². The zero-order chi connectivity index (χ0) is 13.6. The fourth-order valence-electron chi connectivity index (χ4n) is 2.34. The van der Waals surface area contributed by atoms with E-state index in [-0.39, 0.29) is 0 Å². The highest BCUT2D eigenvalue weighted by atomic mass is 16.4. The van der Waals surface area contributed by atoms with Crippen molar-refractivity contribution in [3.05, 3.63) is 0 Å². The molecule has 0 amide bonds. The number of hydrogen-bond donors (Lipinski definition) is 1. The maximum atomic E-state index is 11.0. The summed E-state index contributed by atoms with van der Waals surface area (Å²) in [5.74, 6) is -0.681. The van der Waals surface area contributed by atoms with Crippen LogP contribution in [0.15, 0.2) is 0 Å². The van der Waals surface area contributed by atoms with Crippen LogP contribution in [0.25, 0.3) is 0 Å². The fraction of sp³-hybridized carbons (Fsp3) is 0.929. The summed E-state index contributed by atoms with van der Waals surface area (Å²) in [7, 11) is 0. The van der Waals surface area contributed by atoms with Gasteiger partial charge in [0.2, 0.25) is 0 Å². The van der Waals surface area contributed by atoms with Crippen molar-refractivity contribution >= 4 is 5.97 Å². The highest BCUT2D eigenvalue weighted by Crippen LogP contribution is 2.23. The van der Waals surface area contributed by atoms with Gasteiger partial charge in [-0.2, -0.15) is 0 Å². The number of unbranched alkanes of at least 4 members (excludes halogenated alkanes) is 1. The molecule has 1 aliphatic heterocycles. The predicted octanol–water partition coefficient (Wildman–Crippen LogP) is 1.90. The van der Waals surface area contributed by atoms with Gasteiger partial charge in [-0.05, 0) is 39.8 Å². The molecule has 0 spiro atoms. The van der Waals surface area contributed by atoms with Crippen LogP contribution in [0, 0.1) is 5.41 Å². The molecular formula is C14H28N2O2. The summed E-state index contributed by atoms with van der Waals surface area (Å²) in [5, 5.41) is 9.03. The Balaban J connectivity index is 2.10. The first-order valence-corrected chi connectivity index (χ1v) is 7.14. The molecule has 0 atom stereocenters. The lowest BCUT2D eigenvalue weighted by Crippen LogP contribution is -2.46. The average Bonchev–Trinajstić information content (AvgIpc) is 2.35. The van der Waals surface area contributed by atoms with Crippen molar-refractivity contribution in [3.8, 4) is 0 Å². The molecule has 1 heterocycles. The Labute approximate surface area is 111 Å². The number of rotatable bonds is 7. The number of likely N-dealkylation sites (N-methyl/N-ethyl adjacent to an activating group) is 1. The molecule has 0 aromatic heterocycles. The van der Waals surface area contributed by atoms with Crippen molar-refractivity contribution in [1.29, 1.82) is 0 Å². The number of hydrogen-bond acceptors (Lipinski definition) is 3. The van der Waals surface area contributed by atoms with Crippen LogP contribution in [0.3, 0.4) is 0 Å². The molecule has 1 aliphatic rings. The standard InChI is InChI=1S/C14H28N2O2/c1-4-15-9-11-16(12-10-15)8-6-5-7-14(2,3)13(17)18/h4-12H2,1-3H3,(H,17,18). The summed E-state index contributed by atoms with van der Waals surface area (Å²) in [6.45, 7) is 12.8. The van der Waals surface area contributed by atoms with Crippen LogP contribution in [0.2, 0.25) is 0 Å². The Bertz CT molecular complexity index is 259. The van der Waals surface area contributed by atoms with Crippen molar-refractivity contribution in [3.63, 3.8) is 0 Å². The van der Waals surface area contributed by atoms with Gasteiger partial charge in [-0.15, -0.1) is 0 Å². The summed E-state index contributed by atoms with van der Waals surface area (Å²) in [5.41, 5.74) is -0.569. The van der Waals surface area contributed by atoms with Crippen molar-refractivity contribution in [2.45, 2.75) is 40.0 Å². The molecule has 0 aliphatic carbocycles. The fourth-order valence-corrected chi connectivity index (χ4v) is 2.34. The summed E-state index contributed by atoms with van der Waals surface area (Å²) in [6, 6.07) is 0. The Morgan fingerprint density at radius 3 is 2.17 bits per heavy atom. The molecule has 1 fully saturated rings. The Hall–Kier alpha value is -0.610. The van der Waals surface area contributed by atoms with Crippen LogP contribution < -0.4 is 0 Å². The second kappa shape index (κ2) is 7.10. The smallest absolute Gasteiger partial charge is 0.309 e. The van der Waals surface area contributed by atoms with E-state index in [4.69, 9.17) is 5.11 Å². The number of carbonyl (C=O) groups is 1. The molecule has 1 N–H and O–H groups in total. The molecule has 0 unspecified atom stereocenters. The third kappa shape index (κ3) is 4.94. The van der Waals surface area contributed by atoms with E-state index in [9.17, 15) is 4.79 Å². The van der Waals surface area contributed by atoms with Crippen molar-refractivity contribution < 1.29 is 9.90 Å². The maximum Gasteiger partial charge on any atom is 0.309 e. The van der Waals surface area contributed by atoms with Gasteiger partial charge in [0.25, 0.3) is 0 Å². The first-order chi connectivity index (χ1) is 8.45. The number of aliphatic carboxylic acids is 1. The van der Waals surface area contributed by atoms with Crippen molar-refractivity contribution in [2.24, 2.45) is 5.41 Å². The zero-order valence-corrected chi connectivity index (χ0v) is 12.1. The molecule has 18 heavy (non-hydrogen) atoms. The minimum atomic E-state index is -0.681. The van der Waals surface area contributed by atoms with E-state index in [2.05, 4.69) is 16.7 Å². The van der Waals surface area contributed by atoms with E-state index < -0.39 is 11.4 Å². The number of carboxylic acid groups (broad SMARTS) is 1. The van der Waals surface area contributed by atoms with Crippen LogP contribution in [-0.2, 0) is 4.79 Å². The van der Waals surface area contributed by atoms with Gasteiger partial charge < -0.3 is 14.9 Å². The molecule has 1 rings (SSSR count). The monoisotopic (exact) mass is 256 g/mol. The Kier molecular flexibility index (Phi) is 6.09. The number of carboxylic acids is 1. The average molecular weight is 256 g/mol. The maximum absolute atomic E-state index is 11.0. The first kappa shape index (κ1) is 15.4. The van der Waals surface area contributed by atoms with E-state index in [1.54, 1.807) is 0 Å². The second-order valence-electron chi connectivity index (χ2n) is 5.92. The molecule has 0 radical (unpaired) electrons. The van der Waals surface area contributed by atoms with Crippen LogP contribution in [0.4, 0.5) is 0 Å². The van der Waals surface area contributed by atoms with Gasteiger partial charge in [-0.1, -0.05) is 13.3 Å². The van der Waals surface area contributed by atoms with Gasteiger partial charge in [-0.3, -0.25) is 4.79 Å². The third-order valence-electron chi connectivity index (χ3n) is 4.02. The summed E-state index contributed by atoms with van der Waals surface area (Å²) in [6.07, 6.45) is 2.90. The molecule has 0 aromatic rings. The van der Waals surface area contributed by atoms with Crippen LogP contribution >= 0.6 is 0 Å². The lowest BCUT2D eigenvalue weighted by atomic mass is 9.87. The van der Waals surface area contributed by atoms with Crippen LogP contribution in [0.5, 0.6) is 0 Å².